The highest BCUT2D eigenvalue weighted by atomic mass is 32.1. The van der Waals surface area contributed by atoms with E-state index in [1.807, 2.05) is 22.7 Å². The first-order valence-corrected chi connectivity index (χ1v) is 23.0. The number of hydrogen-bond acceptors (Lipinski definition) is 3. The zero-order valence-electron chi connectivity index (χ0n) is 34.3. The van der Waals surface area contributed by atoms with Crippen LogP contribution in [0, 0.1) is 0 Å². The standard InChI is InChI=1S/C60H39NS2/c1-4-16-40(17-5-1)45-38-54(42-20-8-3-9-21-42)59-55(39-45)53-27-15-28-56(60(53)63-59)61(46-34-30-43(31-35-46)49-23-11-10-22-48(49)41-18-6-2-7-19-41)47-36-32-44(33-37-47)50-25-14-26-52-51-24-12-13-29-57(51)62-58(50)52/h1-39H. The molecule has 0 saturated carbocycles. The van der Waals surface area contributed by atoms with Crippen LogP contribution in [0.5, 0.6) is 0 Å². The lowest BCUT2D eigenvalue weighted by molar-refractivity contribution is 1.30. The number of nitrogens with zero attached hydrogens (tertiary/aromatic N) is 1. The summed E-state index contributed by atoms with van der Waals surface area (Å²) >= 11 is 3.77. The van der Waals surface area contributed by atoms with Crippen molar-refractivity contribution in [2.45, 2.75) is 0 Å². The van der Waals surface area contributed by atoms with Crippen LogP contribution in [0.3, 0.4) is 0 Å². The minimum absolute atomic E-state index is 1.11. The van der Waals surface area contributed by atoms with E-state index in [0.29, 0.717) is 0 Å². The van der Waals surface area contributed by atoms with Gasteiger partial charge < -0.3 is 4.90 Å². The van der Waals surface area contributed by atoms with E-state index in [9.17, 15) is 0 Å². The molecule has 0 aliphatic carbocycles. The summed E-state index contributed by atoms with van der Waals surface area (Å²) in [5.74, 6) is 0. The Morgan fingerprint density at radius 2 is 0.714 bits per heavy atom. The Morgan fingerprint density at radius 1 is 0.254 bits per heavy atom. The van der Waals surface area contributed by atoms with E-state index in [2.05, 4.69) is 241 Å². The largest absolute Gasteiger partial charge is 0.309 e. The fourth-order valence-corrected chi connectivity index (χ4v) is 11.8. The second-order valence-corrected chi connectivity index (χ2v) is 18.1. The Labute approximate surface area is 375 Å². The fourth-order valence-electron chi connectivity index (χ4n) is 9.28. The molecule has 0 unspecified atom stereocenters. The number of fused-ring (bicyclic) bond motifs is 6. The smallest absolute Gasteiger partial charge is 0.0640 e. The summed E-state index contributed by atoms with van der Waals surface area (Å²) in [5, 5.41) is 5.17. The van der Waals surface area contributed by atoms with Gasteiger partial charge in [-0.15, -0.1) is 22.7 Å². The Kier molecular flexibility index (Phi) is 9.29. The van der Waals surface area contributed by atoms with Gasteiger partial charge in [0, 0.05) is 52.6 Å². The highest BCUT2D eigenvalue weighted by Gasteiger charge is 2.21. The van der Waals surface area contributed by atoms with Crippen molar-refractivity contribution < 1.29 is 0 Å². The van der Waals surface area contributed by atoms with E-state index in [-0.39, 0.29) is 0 Å². The second-order valence-electron chi connectivity index (χ2n) is 16.0. The van der Waals surface area contributed by atoms with Crippen LogP contribution < -0.4 is 4.90 Å². The van der Waals surface area contributed by atoms with Crippen LogP contribution in [0.25, 0.3) is 96.0 Å². The fraction of sp³-hybridized carbons (Fsp3) is 0. The summed E-state index contributed by atoms with van der Waals surface area (Å²) in [5.41, 5.74) is 15.6. The van der Waals surface area contributed by atoms with Gasteiger partial charge in [0.1, 0.15) is 0 Å². The van der Waals surface area contributed by atoms with Crippen LogP contribution >= 0.6 is 22.7 Å². The first-order valence-electron chi connectivity index (χ1n) is 21.4. The van der Waals surface area contributed by atoms with Gasteiger partial charge in [0.2, 0.25) is 0 Å². The number of thiophene rings is 2. The average Bonchev–Trinajstić information content (AvgIpc) is 3.94. The molecule has 0 saturated heterocycles. The third-order valence-corrected chi connectivity index (χ3v) is 14.8. The predicted octanol–water partition coefficient (Wildman–Crippen LogP) is 18.2. The molecule has 12 rings (SSSR count). The second kappa shape index (κ2) is 15.7. The molecule has 1 nitrogen and oxygen atoms in total. The molecule has 3 heteroatoms. The summed E-state index contributed by atoms with van der Waals surface area (Å²) in [6.07, 6.45) is 0. The zero-order valence-corrected chi connectivity index (χ0v) is 35.9. The lowest BCUT2D eigenvalue weighted by Gasteiger charge is -2.26. The quantitative estimate of drug-likeness (QED) is 0.147. The van der Waals surface area contributed by atoms with E-state index in [1.165, 1.54) is 96.0 Å². The minimum Gasteiger partial charge on any atom is -0.309 e. The summed E-state index contributed by atoms with van der Waals surface area (Å²) in [6.45, 7) is 0. The van der Waals surface area contributed by atoms with Crippen LogP contribution in [0.2, 0.25) is 0 Å². The van der Waals surface area contributed by atoms with Crippen LogP contribution in [0.15, 0.2) is 237 Å². The molecule has 0 radical (unpaired) electrons. The average molecular weight is 838 g/mol. The Morgan fingerprint density at radius 3 is 1.37 bits per heavy atom. The summed E-state index contributed by atoms with van der Waals surface area (Å²) < 4.78 is 5.20. The topological polar surface area (TPSA) is 3.24 Å². The van der Waals surface area contributed by atoms with Gasteiger partial charge in [-0.2, -0.15) is 0 Å². The Hall–Kier alpha value is -7.56. The van der Waals surface area contributed by atoms with Crippen molar-refractivity contribution in [3.05, 3.63) is 237 Å². The van der Waals surface area contributed by atoms with E-state index >= 15 is 0 Å². The molecule has 0 fully saturated rings. The number of rotatable bonds is 8. The molecule has 0 bridgehead atoms. The molecule has 2 heterocycles. The molecule has 2 aromatic heterocycles. The van der Waals surface area contributed by atoms with Crippen molar-refractivity contribution in [1.82, 2.24) is 0 Å². The molecule has 63 heavy (non-hydrogen) atoms. The first kappa shape index (κ1) is 37.2. The van der Waals surface area contributed by atoms with Crippen LogP contribution in [0.4, 0.5) is 17.1 Å². The third-order valence-electron chi connectivity index (χ3n) is 12.3. The summed E-state index contributed by atoms with van der Waals surface area (Å²) in [7, 11) is 0. The van der Waals surface area contributed by atoms with Crippen molar-refractivity contribution in [3.8, 4) is 55.6 Å². The van der Waals surface area contributed by atoms with Gasteiger partial charge in [-0.1, -0.05) is 188 Å². The van der Waals surface area contributed by atoms with Crippen LogP contribution in [0.1, 0.15) is 0 Å². The summed E-state index contributed by atoms with van der Waals surface area (Å²) in [4.78, 5) is 2.45. The highest BCUT2D eigenvalue weighted by molar-refractivity contribution is 7.27. The van der Waals surface area contributed by atoms with E-state index < -0.39 is 0 Å². The van der Waals surface area contributed by atoms with Crippen molar-refractivity contribution >= 4 is 80.1 Å². The number of benzene rings is 10. The van der Waals surface area contributed by atoms with E-state index in [4.69, 9.17) is 0 Å². The maximum atomic E-state index is 2.45. The lowest BCUT2D eigenvalue weighted by atomic mass is 9.94. The zero-order chi connectivity index (χ0) is 41.7. The number of anilines is 3. The van der Waals surface area contributed by atoms with E-state index in [1.54, 1.807) is 0 Å². The third kappa shape index (κ3) is 6.61. The predicted molar refractivity (Wildman–Crippen MR) is 274 cm³/mol. The maximum absolute atomic E-state index is 2.45. The Balaban J connectivity index is 1.04. The molecule has 0 aliphatic rings. The molecule has 296 valence electrons. The molecule has 10 aromatic carbocycles. The molecule has 0 aliphatic heterocycles. The van der Waals surface area contributed by atoms with Crippen LogP contribution in [-0.4, -0.2) is 0 Å². The van der Waals surface area contributed by atoms with Crippen molar-refractivity contribution in [2.24, 2.45) is 0 Å². The van der Waals surface area contributed by atoms with Gasteiger partial charge in [-0.25, -0.2) is 0 Å². The lowest BCUT2D eigenvalue weighted by Crippen LogP contribution is -2.10. The van der Waals surface area contributed by atoms with E-state index in [0.717, 1.165) is 17.1 Å². The highest BCUT2D eigenvalue weighted by Crippen LogP contribution is 2.49. The van der Waals surface area contributed by atoms with Gasteiger partial charge in [-0.3, -0.25) is 0 Å². The van der Waals surface area contributed by atoms with Crippen molar-refractivity contribution in [1.29, 1.82) is 0 Å². The number of hydrogen-bond donors (Lipinski definition) is 0. The molecular formula is C60H39NS2. The van der Waals surface area contributed by atoms with Crippen molar-refractivity contribution in [3.63, 3.8) is 0 Å². The first-order chi connectivity index (χ1) is 31.2. The van der Waals surface area contributed by atoms with Gasteiger partial charge in [0.15, 0.2) is 0 Å². The summed E-state index contributed by atoms with van der Waals surface area (Å²) in [6, 6.07) is 86.5. The van der Waals surface area contributed by atoms with Gasteiger partial charge in [0.05, 0.1) is 10.4 Å². The van der Waals surface area contributed by atoms with Gasteiger partial charge in [0.25, 0.3) is 0 Å². The maximum Gasteiger partial charge on any atom is 0.0640 e. The molecule has 0 N–H and O–H groups in total. The Bertz CT molecular complexity index is 3590. The minimum atomic E-state index is 1.11. The molecule has 0 amide bonds. The van der Waals surface area contributed by atoms with Gasteiger partial charge in [-0.05, 0) is 98.6 Å². The molecule has 12 aromatic rings. The normalized spacial score (nSPS) is 11.5. The SMILES string of the molecule is c1ccc(-c2cc(-c3ccccc3)c3sc4c(N(c5ccc(-c6ccccc6-c6ccccc6)cc5)c5ccc(-c6cccc7c6sc6ccccc67)cc5)cccc4c3c2)cc1. The molecule has 0 atom stereocenters. The molecule has 0 spiro atoms. The van der Waals surface area contributed by atoms with Crippen LogP contribution in [-0.2, 0) is 0 Å². The van der Waals surface area contributed by atoms with Gasteiger partial charge >= 0.3 is 0 Å². The molecular weight excluding hydrogens is 799 g/mol. The monoisotopic (exact) mass is 837 g/mol. The van der Waals surface area contributed by atoms with Crippen molar-refractivity contribution in [2.75, 3.05) is 4.90 Å².